The molecule has 0 amide bonds. The zero-order chi connectivity index (χ0) is 13.8. The standard InChI is InChI=1S/C12H9BrClN3OS/c13-7-1-4-11(16-6-7)19-10-3-2-8(14)5-9(10)12(15)17-18/h1-6,18H,(H2,15,17). The number of halogens is 2. The molecule has 0 atom stereocenters. The summed E-state index contributed by atoms with van der Waals surface area (Å²) < 4.78 is 0.907. The maximum Gasteiger partial charge on any atom is 0.171 e. The molecule has 1 aromatic carbocycles. The van der Waals surface area contributed by atoms with Crippen molar-refractivity contribution in [3.8, 4) is 0 Å². The van der Waals surface area contributed by atoms with Crippen molar-refractivity contribution in [2.24, 2.45) is 10.9 Å². The number of nitrogens with zero attached hydrogens (tertiary/aromatic N) is 2. The van der Waals surface area contributed by atoms with Crippen molar-refractivity contribution < 1.29 is 5.21 Å². The Morgan fingerprint density at radius 1 is 1.37 bits per heavy atom. The molecule has 0 aliphatic heterocycles. The van der Waals surface area contributed by atoms with E-state index in [9.17, 15) is 0 Å². The van der Waals surface area contributed by atoms with E-state index < -0.39 is 0 Å². The summed E-state index contributed by atoms with van der Waals surface area (Å²) >= 11 is 10.7. The fourth-order valence-electron chi connectivity index (χ4n) is 1.38. The van der Waals surface area contributed by atoms with Crippen molar-refractivity contribution in [1.82, 2.24) is 4.98 Å². The van der Waals surface area contributed by atoms with Crippen LogP contribution in [-0.2, 0) is 0 Å². The van der Waals surface area contributed by atoms with Crippen LogP contribution in [-0.4, -0.2) is 16.0 Å². The Hall–Kier alpha value is -1.24. The molecule has 0 aliphatic rings. The number of pyridine rings is 1. The van der Waals surface area contributed by atoms with E-state index in [0.29, 0.717) is 10.6 Å². The van der Waals surface area contributed by atoms with Gasteiger partial charge < -0.3 is 10.9 Å². The molecular formula is C12H9BrClN3OS. The lowest BCUT2D eigenvalue weighted by Gasteiger charge is -2.08. The van der Waals surface area contributed by atoms with Gasteiger partial charge in [-0.25, -0.2) is 4.98 Å². The van der Waals surface area contributed by atoms with Gasteiger partial charge in [-0.3, -0.25) is 0 Å². The number of hydrogen-bond acceptors (Lipinski definition) is 4. The Balaban J connectivity index is 2.37. The van der Waals surface area contributed by atoms with Crippen molar-refractivity contribution in [3.63, 3.8) is 0 Å². The number of amidine groups is 1. The van der Waals surface area contributed by atoms with E-state index in [1.807, 2.05) is 18.2 Å². The van der Waals surface area contributed by atoms with Crippen LogP contribution in [0.25, 0.3) is 0 Å². The van der Waals surface area contributed by atoms with Crippen LogP contribution in [0.3, 0.4) is 0 Å². The van der Waals surface area contributed by atoms with E-state index in [2.05, 4.69) is 26.1 Å². The molecule has 19 heavy (non-hydrogen) atoms. The Morgan fingerprint density at radius 2 is 2.16 bits per heavy atom. The number of benzene rings is 1. The highest BCUT2D eigenvalue weighted by Crippen LogP contribution is 2.31. The zero-order valence-electron chi connectivity index (χ0n) is 9.55. The molecule has 0 spiro atoms. The van der Waals surface area contributed by atoms with Crippen molar-refractivity contribution >= 4 is 45.1 Å². The van der Waals surface area contributed by atoms with Crippen LogP contribution in [0.15, 0.2) is 56.1 Å². The summed E-state index contributed by atoms with van der Waals surface area (Å²) in [5.74, 6) is 0.0158. The van der Waals surface area contributed by atoms with Crippen LogP contribution in [0.5, 0.6) is 0 Å². The summed E-state index contributed by atoms with van der Waals surface area (Å²) in [5.41, 5.74) is 6.22. The molecule has 2 aromatic rings. The second-order valence-corrected chi connectivity index (χ2v) is 5.96. The molecule has 0 unspecified atom stereocenters. The van der Waals surface area contributed by atoms with Crippen LogP contribution < -0.4 is 5.73 Å². The van der Waals surface area contributed by atoms with Crippen molar-refractivity contribution in [3.05, 3.63) is 51.6 Å². The lowest BCUT2D eigenvalue weighted by atomic mass is 10.2. The van der Waals surface area contributed by atoms with Crippen LogP contribution >= 0.6 is 39.3 Å². The molecule has 98 valence electrons. The van der Waals surface area contributed by atoms with Crippen LogP contribution in [0.4, 0.5) is 0 Å². The van der Waals surface area contributed by atoms with Crippen molar-refractivity contribution in [2.75, 3.05) is 0 Å². The summed E-state index contributed by atoms with van der Waals surface area (Å²) in [4.78, 5) is 5.08. The summed E-state index contributed by atoms with van der Waals surface area (Å²) in [5, 5.41) is 13.1. The lowest BCUT2D eigenvalue weighted by molar-refractivity contribution is 0.318. The predicted octanol–water partition coefficient (Wildman–Crippen LogP) is 3.74. The minimum absolute atomic E-state index is 0.0158. The Kier molecular flexibility index (Phi) is 4.68. The largest absolute Gasteiger partial charge is 0.409 e. The molecule has 4 nitrogen and oxygen atoms in total. The normalized spacial score (nSPS) is 11.6. The first-order valence-electron chi connectivity index (χ1n) is 5.17. The smallest absolute Gasteiger partial charge is 0.171 e. The van der Waals surface area contributed by atoms with E-state index in [4.69, 9.17) is 22.5 Å². The van der Waals surface area contributed by atoms with Gasteiger partial charge in [-0.2, -0.15) is 0 Å². The SMILES string of the molecule is NC(=NO)c1cc(Cl)ccc1Sc1ccc(Br)cn1. The lowest BCUT2D eigenvalue weighted by Crippen LogP contribution is -2.14. The third-order valence-corrected chi connectivity index (χ3v) is 3.97. The van der Waals surface area contributed by atoms with Gasteiger partial charge in [0.25, 0.3) is 0 Å². The maximum atomic E-state index is 8.79. The van der Waals surface area contributed by atoms with Gasteiger partial charge in [-0.1, -0.05) is 28.5 Å². The molecule has 2 rings (SSSR count). The molecule has 0 fully saturated rings. The summed E-state index contributed by atoms with van der Waals surface area (Å²) in [6, 6.07) is 8.98. The predicted molar refractivity (Wildman–Crippen MR) is 80.0 cm³/mol. The van der Waals surface area contributed by atoms with E-state index >= 15 is 0 Å². The van der Waals surface area contributed by atoms with E-state index in [1.54, 1.807) is 18.3 Å². The van der Waals surface area contributed by atoms with Gasteiger partial charge in [-0.05, 0) is 46.3 Å². The first-order valence-corrected chi connectivity index (χ1v) is 7.16. The highest BCUT2D eigenvalue weighted by Gasteiger charge is 2.10. The molecule has 7 heteroatoms. The molecule has 0 aliphatic carbocycles. The Morgan fingerprint density at radius 3 is 2.79 bits per heavy atom. The Labute approximate surface area is 127 Å². The van der Waals surface area contributed by atoms with Gasteiger partial charge in [0.1, 0.15) is 5.03 Å². The number of rotatable bonds is 3. The molecule has 0 saturated heterocycles. The second-order valence-electron chi connectivity index (χ2n) is 3.54. The first kappa shape index (κ1) is 14.2. The second kappa shape index (κ2) is 6.27. The monoisotopic (exact) mass is 357 g/mol. The van der Waals surface area contributed by atoms with E-state index in [-0.39, 0.29) is 5.84 Å². The zero-order valence-corrected chi connectivity index (χ0v) is 12.7. The fraction of sp³-hybridized carbons (Fsp3) is 0. The maximum absolute atomic E-state index is 8.79. The number of hydrogen-bond donors (Lipinski definition) is 2. The molecular weight excluding hydrogens is 350 g/mol. The molecule has 1 aromatic heterocycles. The first-order chi connectivity index (χ1) is 9.10. The fourth-order valence-corrected chi connectivity index (χ4v) is 2.66. The number of nitrogens with two attached hydrogens (primary N) is 1. The van der Waals surface area contributed by atoms with Gasteiger partial charge in [0.15, 0.2) is 5.84 Å². The summed E-state index contributed by atoms with van der Waals surface area (Å²) in [6.07, 6.45) is 1.71. The quantitative estimate of drug-likeness (QED) is 0.379. The number of aromatic nitrogens is 1. The van der Waals surface area contributed by atoms with E-state index in [1.165, 1.54) is 11.8 Å². The summed E-state index contributed by atoms with van der Waals surface area (Å²) in [7, 11) is 0. The third kappa shape index (κ3) is 3.62. The van der Waals surface area contributed by atoms with Crippen molar-refractivity contribution in [1.29, 1.82) is 0 Å². The molecule has 0 bridgehead atoms. The van der Waals surface area contributed by atoms with Gasteiger partial charge in [0, 0.05) is 26.2 Å². The molecule has 0 radical (unpaired) electrons. The van der Waals surface area contributed by atoms with Gasteiger partial charge in [0.05, 0.1) is 0 Å². The van der Waals surface area contributed by atoms with Crippen LogP contribution in [0.2, 0.25) is 5.02 Å². The van der Waals surface area contributed by atoms with Crippen LogP contribution in [0.1, 0.15) is 5.56 Å². The average Bonchev–Trinajstić information content (AvgIpc) is 2.42. The minimum atomic E-state index is 0.0158. The topological polar surface area (TPSA) is 71.5 Å². The minimum Gasteiger partial charge on any atom is -0.409 e. The van der Waals surface area contributed by atoms with Gasteiger partial charge >= 0.3 is 0 Å². The van der Waals surface area contributed by atoms with Crippen molar-refractivity contribution in [2.45, 2.75) is 9.92 Å². The summed E-state index contributed by atoms with van der Waals surface area (Å²) in [6.45, 7) is 0. The molecule has 3 N–H and O–H groups in total. The molecule has 1 heterocycles. The third-order valence-electron chi connectivity index (χ3n) is 2.24. The Bertz CT molecular complexity index is 619. The van der Waals surface area contributed by atoms with Crippen LogP contribution in [0, 0.1) is 0 Å². The van der Waals surface area contributed by atoms with E-state index in [0.717, 1.165) is 14.4 Å². The number of oxime groups is 1. The van der Waals surface area contributed by atoms with Gasteiger partial charge in [-0.15, -0.1) is 0 Å². The van der Waals surface area contributed by atoms with Gasteiger partial charge in [0.2, 0.25) is 0 Å². The molecule has 0 saturated carbocycles. The highest BCUT2D eigenvalue weighted by molar-refractivity contribution is 9.10. The highest BCUT2D eigenvalue weighted by atomic mass is 79.9. The average molecular weight is 359 g/mol.